The summed E-state index contributed by atoms with van der Waals surface area (Å²) in [5, 5.41) is 9.69. The predicted octanol–water partition coefficient (Wildman–Crippen LogP) is 3.07. The van der Waals surface area contributed by atoms with E-state index in [0.29, 0.717) is 28.0 Å². The Morgan fingerprint density at radius 3 is 2.75 bits per heavy atom. The minimum atomic E-state index is -0.160. The van der Waals surface area contributed by atoms with Gasteiger partial charge in [-0.15, -0.1) is 0 Å². The van der Waals surface area contributed by atoms with Crippen molar-refractivity contribution in [1.29, 1.82) is 0 Å². The Labute approximate surface area is 123 Å². The van der Waals surface area contributed by atoms with E-state index in [1.54, 1.807) is 6.07 Å². The zero-order valence-corrected chi connectivity index (χ0v) is 11.9. The molecule has 5 nitrogen and oxygen atoms in total. The molecule has 0 aliphatic heterocycles. The molecule has 20 heavy (non-hydrogen) atoms. The fourth-order valence-corrected chi connectivity index (χ4v) is 2.18. The summed E-state index contributed by atoms with van der Waals surface area (Å²) in [6.07, 6.45) is 1.29. The number of aromatic hydroxyl groups is 1. The standard InChI is InChI=1S/C14H10BrN3O2/c15-10-6-11-12(13(19)17-8-16-11)18-14(10)20-7-9-4-2-1-3-5-9/h1-6,8H,7H2,(H,16,17,19). The summed E-state index contributed by atoms with van der Waals surface area (Å²) in [6.45, 7) is 0.395. The highest BCUT2D eigenvalue weighted by atomic mass is 79.9. The zero-order chi connectivity index (χ0) is 13.9. The second-order valence-corrected chi connectivity index (χ2v) is 4.97. The van der Waals surface area contributed by atoms with E-state index in [0.717, 1.165) is 5.56 Å². The molecule has 0 spiro atoms. The monoisotopic (exact) mass is 331 g/mol. The molecule has 0 saturated carbocycles. The lowest BCUT2D eigenvalue weighted by molar-refractivity contribution is 0.292. The number of ether oxygens (including phenoxy) is 1. The molecule has 0 unspecified atom stereocenters. The van der Waals surface area contributed by atoms with Crippen molar-refractivity contribution in [2.45, 2.75) is 6.61 Å². The van der Waals surface area contributed by atoms with Gasteiger partial charge in [0, 0.05) is 0 Å². The van der Waals surface area contributed by atoms with E-state index >= 15 is 0 Å². The van der Waals surface area contributed by atoms with Gasteiger partial charge in [-0.2, -0.15) is 0 Å². The molecule has 0 amide bonds. The SMILES string of the molecule is Oc1ncnc2cc(Br)c(OCc3ccccc3)nc12. The molecule has 6 heteroatoms. The minimum absolute atomic E-state index is 0.160. The van der Waals surface area contributed by atoms with Crippen molar-refractivity contribution in [1.82, 2.24) is 15.0 Å². The maximum absolute atomic E-state index is 9.69. The van der Waals surface area contributed by atoms with Crippen LogP contribution in [0.5, 0.6) is 11.8 Å². The lowest BCUT2D eigenvalue weighted by atomic mass is 10.2. The quantitative estimate of drug-likeness (QED) is 0.798. The summed E-state index contributed by atoms with van der Waals surface area (Å²) in [5.74, 6) is 0.235. The number of benzene rings is 1. The van der Waals surface area contributed by atoms with Gasteiger partial charge in [0.25, 0.3) is 0 Å². The first-order chi connectivity index (χ1) is 9.74. The van der Waals surface area contributed by atoms with Gasteiger partial charge in [0.2, 0.25) is 11.8 Å². The van der Waals surface area contributed by atoms with E-state index < -0.39 is 0 Å². The fraction of sp³-hybridized carbons (Fsp3) is 0.0714. The molecule has 1 N–H and O–H groups in total. The molecule has 2 heterocycles. The van der Waals surface area contributed by atoms with Gasteiger partial charge in [0.1, 0.15) is 12.9 Å². The molecular weight excluding hydrogens is 322 g/mol. The molecule has 100 valence electrons. The Morgan fingerprint density at radius 2 is 1.95 bits per heavy atom. The molecule has 0 atom stereocenters. The van der Waals surface area contributed by atoms with E-state index in [-0.39, 0.29) is 5.88 Å². The van der Waals surface area contributed by atoms with Crippen molar-refractivity contribution in [3.05, 3.63) is 52.8 Å². The molecular formula is C14H10BrN3O2. The van der Waals surface area contributed by atoms with Crippen LogP contribution in [0.4, 0.5) is 0 Å². The van der Waals surface area contributed by atoms with Crippen LogP contribution < -0.4 is 4.74 Å². The highest BCUT2D eigenvalue weighted by Gasteiger charge is 2.10. The average Bonchev–Trinajstić information content (AvgIpc) is 2.47. The Kier molecular flexibility index (Phi) is 3.47. The summed E-state index contributed by atoms with van der Waals surface area (Å²) in [6, 6.07) is 11.5. The molecule has 1 aromatic carbocycles. The normalized spacial score (nSPS) is 10.7. The molecule has 2 aromatic heterocycles. The van der Waals surface area contributed by atoms with Crippen LogP contribution in [-0.4, -0.2) is 20.1 Å². The summed E-state index contributed by atoms with van der Waals surface area (Å²) < 4.78 is 6.34. The van der Waals surface area contributed by atoms with Gasteiger partial charge in [-0.25, -0.2) is 15.0 Å². The number of hydrogen-bond donors (Lipinski definition) is 1. The van der Waals surface area contributed by atoms with Crippen LogP contribution in [-0.2, 0) is 6.61 Å². The van der Waals surface area contributed by atoms with Crippen LogP contribution in [0.15, 0.2) is 47.2 Å². The third-order valence-electron chi connectivity index (χ3n) is 2.73. The van der Waals surface area contributed by atoms with Crippen molar-refractivity contribution in [2.75, 3.05) is 0 Å². The average molecular weight is 332 g/mol. The number of rotatable bonds is 3. The Morgan fingerprint density at radius 1 is 1.15 bits per heavy atom. The van der Waals surface area contributed by atoms with Gasteiger partial charge in [-0.05, 0) is 27.6 Å². The van der Waals surface area contributed by atoms with Crippen molar-refractivity contribution in [2.24, 2.45) is 0 Å². The molecule has 0 bridgehead atoms. The van der Waals surface area contributed by atoms with Crippen LogP contribution >= 0.6 is 15.9 Å². The first kappa shape index (κ1) is 12.8. The van der Waals surface area contributed by atoms with Gasteiger partial charge in [0.05, 0.1) is 9.99 Å². The van der Waals surface area contributed by atoms with E-state index in [9.17, 15) is 5.11 Å². The summed E-state index contributed by atoms with van der Waals surface area (Å²) in [4.78, 5) is 12.0. The van der Waals surface area contributed by atoms with E-state index in [1.807, 2.05) is 30.3 Å². The Balaban J connectivity index is 1.91. The summed E-state index contributed by atoms with van der Waals surface area (Å²) in [7, 11) is 0. The number of aromatic nitrogens is 3. The number of nitrogens with zero attached hydrogens (tertiary/aromatic N) is 3. The van der Waals surface area contributed by atoms with E-state index in [1.165, 1.54) is 6.33 Å². The van der Waals surface area contributed by atoms with Gasteiger partial charge in [-0.1, -0.05) is 30.3 Å². The van der Waals surface area contributed by atoms with Gasteiger partial charge in [-0.3, -0.25) is 0 Å². The zero-order valence-electron chi connectivity index (χ0n) is 10.3. The lowest BCUT2D eigenvalue weighted by Crippen LogP contribution is -1.99. The first-order valence-corrected chi connectivity index (χ1v) is 6.70. The highest BCUT2D eigenvalue weighted by Crippen LogP contribution is 2.29. The maximum Gasteiger partial charge on any atom is 0.241 e. The van der Waals surface area contributed by atoms with Gasteiger partial charge in [0.15, 0.2) is 5.52 Å². The second-order valence-electron chi connectivity index (χ2n) is 4.11. The topological polar surface area (TPSA) is 68.1 Å². The van der Waals surface area contributed by atoms with Crippen LogP contribution in [0.25, 0.3) is 11.0 Å². The van der Waals surface area contributed by atoms with Gasteiger partial charge >= 0.3 is 0 Å². The Hall–Kier alpha value is -2.21. The largest absolute Gasteiger partial charge is 0.492 e. The first-order valence-electron chi connectivity index (χ1n) is 5.91. The van der Waals surface area contributed by atoms with Crippen molar-refractivity contribution in [3.63, 3.8) is 0 Å². The molecule has 0 saturated heterocycles. The summed E-state index contributed by atoms with van der Waals surface area (Å²) in [5.41, 5.74) is 1.91. The number of hydrogen-bond acceptors (Lipinski definition) is 5. The molecule has 3 aromatic rings. The van der Waals surface area contributed by atoms with Crippen molar-refractivity contribution >= 4 is 27.0 Å². The second kappa shape index (κ2) is 5.42. The number of pyridine rings is 1. The minimum Gasteiger partial charge on any atom is -0.492 e. The van der Waals surface area contributed by atoms with Crippen LogP contribution in [0, 0.1) is 0 Å². The van der Waals surface area contributed by atoms with E-state index in [4.69, 9.17) is 4.74 Å². The number of halogens is 1. The third-order valence-corrected chi connectivity index (χ3v) is 3.30. The smallest absolute Gasteiger partial charge is 0.241 e. The van der Waals surface area contributed by atoms with Gasteiger partial charge < -0.3 is 9.84 Å². The van der Waals surface area contributed by atoms with Crippen molar-refractivity contribution in [3.8, 4) is 11.8 Å². The third kappa shape index (κ3) is 2.55. The summed E-state index contributed by atoms with van der Waals surface area (Å²) >= 11 is 3.39. The molecule has 3 rings (SSSR count). The molecule has 0 fully saturated rings. The predicted molar refractivity (Wildman–Crippen MR) is 77.5 cm³/mol. The van der Waals surface area contributed by atoms with Crippen molar-refractivity contribution < 1.29 is 9.84 Å². The lowest BCUT2D eigenvalue weighted by Gasteiger charge is -2.08. The maximum atomic E-state index is 9.69. The molecule has 0 radical (unpaired) electrons. The molecule has 0 aliphatic carbocycles. The highest BCUT2D eigenvalue weighted by molar-refractivity contribution is 9.10. The number of fused-ring (bicyclic) bond motifs is 1. The van der Waals surface area contributed by atoms with E-state index in [2.05, 4.69) is 30.9 Å². The fourth-order valence-electron chi connectivity index (χ4n) is 1.76. The Bertz CT molecular complexity index is 750. The van der Waals surface area contributed by atoms with Crippen LogP contribution in [0.3, 0.4) is 0 Å². The molecule has 0 aliphatic rings. The van der Waals surface area contributed by atoms with Crippen LogP contribution in [0.1, 0.15) is 5.56 Å². The van der Waals surface area contributed by atoms with Crippen LogP contribution in [0.2, 0.25) is 0 Å².